The highest BCUT2D eigenvalue weighted by atomic mass is 32.2. The number of anilines is 1. The van der Waals surface area contributed by atoms with Crippen LogP contribution in [0.15, 0.2) is 65.6 Å². The van der Waals surface area contributed by atoms with E-state index in [1.807, 2.05) is 53.6 Å². The zero-order valence-corrected chi connectivity index (χ0v) is 20.1. The van der Waals surface area contributed by atoms with Gasteiger partial charge in [0.2, 0.25) is 5.91 Å². The molecular weight excluding hydrogens is 448 g/mol. The van der Waals surface area contributed by atoms with Gasteiger partial charge in [0.1, 0.15) is 0 Å². The summed E-state index contributed by atoms with van der Waals surface area (Å²) in [6.45, 7) is 0.555. The molecule has 0 radical (unpaired) electrons. The largest absolute Gasteiger partial charge is 0.493 e. The Bertz CT molecular complexity index is 1280. The number of nitrogens with one attached hydrogen (secondary N) is 1. The van der Waals surface area contributed by atoms with Crippen LogP contribution in [0.25, 0.3) is 0 Å². The first-order valence-electron chi connectivity index (χ1n) is 11.2. The number of methoxy groups -OCH3 is 2. The van der Waals surface area contributed by atoms with Crippen molar-refractivity contribution in [3.8, 4) is 11.5 Å². The van der Waals surface area contributed by atoms with E-state index in [0.717, 1.165) is 22.6 Å². The molecule has 0 fully saturated rings. The van der Waals surface area contributed by atoms with Crippen LogP contribution in [-0.4, -0.2) is 43.7 Å². The molecule has 7 heteroatoms. The summed E-state index contributed by atoms with van der Waals surface area (Å²) in [5.41, 5.74) is 4.07. The molecule has 2 amide bonds. The van der Waals surface area contributed by atoms with Gasteiger partial charge in [0.25, 0.3) is 5.91 Å². The van der Waals surface area contributed by atoms with Gasteiger partial charge in [-0.15, -0.1) is 11.8 Å². The molecule has 2 aliphatic rings. The van der Waals surface area contributed by atoms with E-state index in [-0.39, 0.29) is 11.8 Å². The summed E-state index contributed by atoms with van der Waals surface area (Å²) in [7, 11) is 3.10. The number of para-hydroxylation sites is 1. The highest BCUT2D eigenvalue weighted by Gasteiger charge is 2.47. The lowest BCUT2D eigenvalue weighted by atomic mass is 9.75. The number of amides is 2. The third-order valence-electron chi connectivity index (χ3n) is 6.68. The van der Waals surface area contributed by atoms with E-state index in [9.17, 15) is 9.59 Å². The molecule has 0 saturated heterocycles. The number of carbonyl (C=O) groups is 2. The van der Waals surface area contributed by atoms with Crippen molar-refractivity contribution in [1.82, 2.24) is 4.90 Å². The van der Waals surface area contributed by atoms with Crippen LogP contribution >= 0.6 is 11.8 Å². The molecule has 0 unspecified atom stereocenters. The second-order valence-electron chi connectivity index (χ2n) is 8.35. The van der Waals surface area contributed by atoms with Gasteiger partial charge in [0, 0.05) is 17.0 Å². The minimum absolute atomic E-state index is 0.0935. The molecule has 3 aromatic rings. The van der Waals surface area contributed by atoms with Crippen LogP contribution in [0.4, 0.5) is 5.69 Å². The van der Waals surface area contributed by atoms with Crippen molar-refractivity contribution >= 4 is 29.3 Å². The molecule has 5 rings (SSSR count). The second-order valence-corrected chi connectivity index (χ2v) is 9.20. The highest BCUT2D eigenvalue weighted by molar-refractivity contribution is 7.98. The van der Waals surface area contributed by atoms with Crippen molar-refractivity contribution < 1.29 is 19.1 Å². The summed E-state index contributed by atoms with van der Waals surface area (Å²) in [6.07, 6.45) is 2.74. The third-order valence-corrected chi connectivity index (χ3v) is 7.47. The molecule has 0 aliphatic carbocycles. The SMILES string of the molecule is COc1cc2c(cc1OC)[C@@H](C(=O)Nc1ccccc1SC)[C@H]1c3ccccc3CCN1C2=O. The number of benzene rings is 3. The fourth-order valence-electron chi connectivity index (χ4n) is 5.09. The minimum atomic E-state index is -0.608. The number of carbonyl (C=O) groups excluding carboxylic acids is 2. The van der Waals surface area contributed by atoms with Gasteiger partial charge in [0.05, 0.1) is 31.9 Å². The quantitative estimate of drug-likeness (QED) is 0.533. The Hall–Kier alpha value is -3.45. The topological polar surface area (TPSA) is 67.9 Å². The first kappa shape index (κ1) is 22.3. The van der Waals surface area contributed by atoms with E-state index in [2.05, 4.69) is 11.4 Å². The van der Waals surface area contributed by atoms with Gasteiger partial charge < -0.3 is 19.7 Å². The summed E-state index contributed by atoms with van der Waals surface area (Å²) in [5.74, 6) is 0.105. The van der Waals surface area contributed by atoms with Crippen LogP contribution in [0.3, 0.4) is 0 Å². The van der Waals surface area contributed by atoms with Crippen LogP contribution in [-0.2, 0) is 11.2 Å². The molecule has 34 heavy (non-hydrogen) atoms. The number of rotatable bonds is 5. The molecule has 0 bridgehead atoms. The number of ether oxygens (including phenoxy) is 2. The standard InChI is InChI=1S/C27H26N2O4S/c1-32-21-14-18-19(15-22(21)33-2)27(31)29-13-12-16-8-4-5-9-17(16)25(29)24(18)26(30)28-20-10-6-7-11-23(20)34-3/h4-11,14-15,24-25H,12-13H2,1-3H3,(H,28,30)/t24-,25-/m1/s1. The van der Waals surface area contributed by atoms with E-state index in [1.165, 1.54) is 5.56 Å². The Labute approximate surface area is 203 Å². The van der Waals surface area contributed by atoms with Crippen molar-refractivity contribution in [2.24, 2.45) is 0 Å². The van der Waals surface area contributed by atoms with Crippen molar-refractivity contribution in [2.45, 2.75) is 23.3 Å². The fourth-order valence-corrected chi connectivity index (χ4v) is 5.64. The molecule has 0 spiro atoms. The Morgan fingerprint density at radius 2 is 1.71 bits per heavy atom. The lowest BCUT2D eigenvalue weighted by Crippen LogP contribution is -2.49. The second kappa shape index (κ2) is 9.06. The Kier molecular flexibility index (Phi) is 5.96. The van der Waals surface area contributed by atoms with E-state index in [0.29, 0.717) is 29.2 Å². The highest BCUT2D eigenvalue weighted by Crippen LogP contribution is 2.48. The maximum Gasteiger partial charge on any atom is 0.254 e. The third kappa shape index (κ3) is 3.60. The molecule has 3 aromatic carbocycles. The van der Waals surface area contributed by atoms with E-state index in [1.54, 1.807) is 38.1 Å². The summed E-state index contributed by atoms with van der Waals surface area (Å²) in [4.78, 5) is 30.5. The number of thioether (sulfide) groups is 1. The first-order valence-corrected chi connectivity index (χ1v) is 12.4. The van der Waals surface area contributed by atoms with Gasteiger partial charge in [-0.25, -0.2) is 0 Å². The smallest absolute Gasteiger partial charge is 0.254 e. The summed E-state index contributed by atoms with van der Waals surface area (Å²) >= 11 is 1.58. The zero-order valence-electron chi connectivity index (χ0n) is 19.3. The van der Waals surface area contributed by atoms with Crippen molar-refractivity contribution in [3.05, 3.63) is 82.9 Å². The molecule has 0 aromatic heterocycles. The van der Waals surface area contributed by atoms with Crippen molar-refractivity contribution in [2.75, 3.05) is 32.3 Å². The lowest BCUT2D eigenvalue weighted by Gasteiger charge is -2.45. The molecule has 1 N–H and O–H groups in total. The number of hydrogen-bond donors (Lipinski definition) is 1. The number of hydrogen-bond acceptors (Lipinski definition) is 5. The van der Waals surface area contributed by atoms with Gasteiger partial charge in [-0.3, -0.25) is 9.59 Å². The Balaban J connectivity index is 1.68. The average molecular weight is 475 g/mol. The van der Waals surface area contributed by atoms with Crippen LogP contribution < -0.4 is 14.8 Å². The van der Waals surface area contributed by atoms with Crippen LogP contribution in [0, 0.1) is 0 Å². The maximum atomic E-state index is 14.0. The molecule has 0 saturated carbocycles. The van der Waals surface area contributed by atoms with Crippen molar-refractivity contribution in [3.63, 3.8) is 0 Å². The molecule has 2 aliphatic heterocycles. The normalized spacial score (nSPS) is 18.4. The monoisotopic (exact) mass is 474 g/mol. The summed E-state index contributed by atoms with van der Waals surface area (Å²) < 4.78 is 11.0. The van der Waals surface area contributed by atoms with Gasteiger partial charge in [0.15, 0.2) is 11.5 Å². The van der Waals surface area contributed by atoms with E-state index in [4.69, 9.17) is 9.47 Å². The average Bonchev–Trinajstić information content (AvgIpc) is 2.88. The van der Waals surface area contributed by atoms with Crippen LogP contribution in [0.5, 0.6) is 11.5 Å². The van der Waals surface area contributed by atoms with Gasteiger partial charge in [-0.2, -0.15) is 0 Å². The predicted molar refractivity (Wildman–Crippen MR) is 133 cm³/mol. The number of nitrogens with zero attached hydrogens (tertiary/aromatic N) is 1. The van der Waals surface area contributed by atoms with Gasteiger partial charge >= 0.3 is 0 Å². The van der Waals surface area contributed by atoms with E-state index >= 15 is 0 Å². The molecule has 174 valence electrons. The molecule has 2 atom stereocenters. The van der Waals surface area contributed by atoms with E-state index < -0.39 is 12.0 Å². The van der Waals surface area contributed by atoms with Crippen LogP contribution in [0.2, 0.25) is 0 Å². The first-order chi connectivity index (χ1) is 16.6. The van der Waals surface area contributed by atoms with Crippen LogP contribution in [0.1, 0.15) is 39.0 Å². The zero-order chi connectivity index (χ0) is 23.8. The Morgan fingerprint density at radius 3 is 2.47 bits per heavy atom. The lowest BCUT2D eigenvalue weighted by molar-refractivity contribution is -0.119. The molecule has 6 nitrogen and oxygen atoms in total. The minimum Gasteiger partial charge on any atom is -0.493 e. The van der Waals surface area contributed by atoms with Gasteiger partial charge in [-0.1, -0.05) is 36.4 Å². The summed E-state index contributed by atoms with van der Waals surface area (Å²) in [6, 6.07) is 18.9. The molecular formula is C27H26N2O4S. The predicted octanol–water partition coefficient (Wildman–Crippen LogP) is 4.90. The number of fused-ring (bicyclic) bond motifs is 4. The summed E-state index contributed by atoms with van der Waals surface area (Å²) in [5, 5.41) is 3.15. The maximum absolute atomic E-state index is 14.0. The fraction of sp³-hybridized carbons (Fsp3) is 0.259. The molecule has 2 heterocycles. The Morgan fingerprint density at radius 1 is 1.00 bits per heavy atom. The van der Waals surface area contributed by atoms with Gasteiger partial charge in [-0.05, 0) is 53.6 Å². The van der Waals surface area contributed by atoms with Crippen molar-refractivity contribution in [1.29, 1.82) is 0 Å².